The minimum absolute atomic E-state index is 0.0360. The van der Waals surface area contributed by atoms with Crippen molar-refractivity contribution < 1.29 is 14.0 Å². The molecule has 0 radical (unpaired) electrons. The van der Waals surface area contributed by atoms with Gasteiger partial charge in [0.1, 0.15) is 6.04 Å². The highest BCUT2D eigenvalue weighted by Crippen LogP contribution is 2.14. The topological polar surface area (TPSA) is 53.8 Å². The molecule has 0 aliphatic carbocycles. The maximum atomic E-state index is 12.0. The van der Waals surface area contributed by atoms with Gasteiger partial charge in [-0.1, -0.05) is 0 Å². The minimum Gasteiger partial charge on any atom is -0.459 e. The van der Waals surface area contributed by atoms with Crippen molar-refractivity contribution in [3.05, 3.63) is 24.2 Å². The molecule has 1 unspecified atom stereocenters. The third-order valence-electron chi connectivity index (χ3n) is 2.87. The first-order chi connectivity index (χ1) is 7.61. The van der Waals surface area contributed by atoms with Gasteiger partial charge in [0.05, 0.1) is 6.26 Å². The number of hydrogen-bond acceptors (Lipinski definition) is 3. The molecule has 1 aromatic heterocycles. The molecule has 1 saturated heterocycles. The van der Waals surface area contributed by atoms with Crippen molar-refractivity contribution in [1.29, 1.82) is 0 Å². The first kappa shape index (κ1) is 10.7. The molecule has 16 heavy (non-hydrogen) atoms. The molecule has 5 nitrogen and oxygen atoms in total. The third-order valence-corrected chi connectivity index (χ3v) is 2.87. The zero-order valence-corrected chi connectivity index (χ0v) is 9.34. The average Bonchev–Trinajstić information content (AvgIpc) is 2.79. The second-order valence-corrected chi connectivity index (χ2v) is 3.91. The molecule has 2 heterocycles. The van der Waals surface area contributed by atoms with Gasteiger partial charge >= 0.3 is 0 Å². The summed E-state index contributed by atoms with van der Waals surface area (Å²) in [5, 5.41) is 0. The maximum Gasteiger partial charge on any atom is 0.290 e. The van der Waals surface area contributed by atoms with Crippen LogP contribution < -0.4 is 0 Å². The Morgan fingerprint density at radius 2 is 2.25 bits per heavy atom. The largest absolute Gasteiger partial charge is 0.459 e. The summed E-state index contributed by atoms with van der Waals surface area (Å²) in [4.78, 5) is 26.9. The van der Waals surface area contributed by atoms with E-state index in [1.807, 2.05) is 0 Å². The van der Waals surface area contributed by atoms with Crippen molar-refractivity contribution in [3.8, 4) is 0 Å². The van der Waals surface area contributed by atoms with Crippen LogP contribution in [0.5, 0.6) is 0 Å². The van der Waals surface area contributed by atoms with Gasteiger partial charge < -0.3 is 14.2 Å². The van der Waals surface area contributed by atoms with Gasteiger partial charge in [-0.3, -0.25) is 9.59 Å². The van der Waals surface area contributed by atoms with Gasteiger partial charge in [-0.15, -0.1) is 0 Å². The van der Waals surface area contributed by atoms with Crippen LogP contribution in [0.15, 0.2) is 22.8 Å². The van der Waals surface area contributed by atoms with Crippen molar-refractivity contribution >= 4 is 11.8 Å². The Morgan fingerprint density at radius 3 is 2.88 bits per heavy atom. The van der Waals surface area contributed by atoms with Gasteiger partial charge in [0.15, 0.2) is 5.76 Å². The van der Waals surface area contributed by atoms with Crippen LogP contribution in [0.25, 0.3) is 0 Å². The zero-order valence-electron chi connectivity index (χ0n) is 9.34. The smallest absolute Gasteiger partial charge is 0.290 e. The van der Waals surface area contributed by atoms with E-state index in [1.54, 1.807) is 35.9 Å². The first-order valence-electron chi connectivity index (χ1n) is 5.20. The zero-order chi connectivity index (χ0) is 11.7. The number of hydrogen-bond donors (Lipinski definition) is 0. The van der Waals surface area contributed by atoms with E-state index in [-0.39, 0.29) is 17.6 Å². The fraction of sp³-hybridized carbons (Fsp3) is 0.455. The van der Waals surface area contributed by atoms with Crippen molar-refractivity contribution in [3.63, 3.8) is 0 Å². The molecule has 1 fully saturated rings. The number of nitrogens with zero attached hydrogens (tertiary/aromatic N) is 2. The second kappa shape index (κ2) is 4.00. The van der Waals surface area contributed by atoms with E-state index in [4.69, 9.17) is 4.42 Å². The van der Waals surface area contributed by atoms with Gasteiger partial charge in [0.2, 0.25) is 5.91 Å². The fourth-order valence-corrected chi connectivity index (χ4v) is 1.83. The number of piperazine rings is 1. The van der Waals surface area contributed by atoms with Gasteiger partial charge in [0, 0.05) is 20.1 Å². The first-order valence-corrected chi connectivity index (χ1v) is 5.20. The lowest BCUT2D eigenvalue weighted by Gasteiger charge is -2.36. The van der Waals surface area contributed by atoms with Gasteiger partial charge in [0.25, 0.3) is 5.91 Å². The normalized spacial score (nSPS) is 21.4. The Morgan fingerprint density at radius 1 is 1.50 bits per heavy atom. The SMILES string of the molecule is CC1C(=O)N(C)CCN1C(=O)c1ccco1. The lowest BCUT2D eigenvalue weighted by molar-refractivity contribution is -0.137. The monoisotopic (exact) mass is 222 g/mol. The number of likely N-dealkylation sites (N-methyl/N-ethyl adjacent to an activating group) is 1. The molecular formula is C11H14N2O3. The molecule has 2 rings (SSSR count). The Hall–Kier alpha value is -1.78. The standard InChI is InChI=1S/C11H14N2O3/c1-8-10(14)12(2)5-6-13(8)11(15)9-4-3-7-16-9/h3-4,7-8H,5-6H2,1-2H3. The summed E-state index contributed by atoms with van der Waals surface area (Å²) in [5.74, 6) is 0.0225. The number of carbonyl (C=O) groups is 2. The summed E-state index contributed by atoms with van der Waals surface area (Å²) in [6, 6.07) is 2.85. The van der Waals surface area contributed by atoms with Gasteiger partial charge in [-0.2, -0.15) is 0 Å². The van der Waals surface area contributed by atoms with Crippen LogP contribution in [-0.4, -0.2) is 47.8 Å². The molecule has 0 spiro atoms. The van der Waals surface area contributed by atoms with Crippen LogP contribution in [0.3, 0.4) is 0 Å². The molecule has 5 heteroatoms. The Balaban J connectivity index is 2.16. The van der Waals surface area contributed by atoms with E-state index in [9.17, 15) is 9.59 Å². The molecule has 1 aromatic rings. The molecule has 2 amide bonds. The van der Waals surface area contributed by atoms with E-state index in [0.29, 0.717) is 13.1 Å². The number of carbonyl (C=O) groups excluding carboxylic acids is 2. The number of amides is 2. The molecule has 0 N–H and O–H groups in total. The van der Waals surface area contributed by atoms with E-state index in [1.165, 1.54) is 6.26 Å². The predicted molar refractivity (Wildman–Crippen MR) is 56.8 cm³/mol. The highest BCUT2D eigenvalue weighted by atomic mass is 16.3. The highest BCUT2D eigenvalue weighted by molar-refractivity contribution is 5.96. The summed E-state index contributed by atoms with van der Waals surface area (Å²) in [6.45, 7) is 2.84. The van der Waals surface area contributed by atoms with Gasteiger partial charge in [-0.05, 0) is 19.1 Å². The van der Waals surface area contributed by atoms with Crippen LogP contribution in [-0.2, 0) is 4.79 Å². The Labute approximate surface area is 93.6 Å². The molecule has 1 aliphatic rings. The summed E-state index contributed by atoms with van der Waals surface area (Å²) in [6.07, 6.45) is 1.45. The molecule has 0 bridgehead atoms. The van der Waals surface area contributed by atoms with Crippen molar-refractivity contribution in [2.45, 2.75) is 13.0 Å². The summed E-state index contributed by atoms with van der Waals surface area (Å²) in [7, 11) is 1.74. The van der Waals surface area contributed by atoms with E-state index >= 15 is 0 Å². The van der Waals surface area contributed by atoms with Gasteiger partial charge in [-0.25, -0.2) is 0 Å². The minimum atomic E-state index is -0.420. The molecule has 0 aromatic carbocycles. The van der Waals surface area contributed by atoms with Crippen molar-refractivity contribution in [2.24, 2.45) is 0 Å². The lowest BCUT2D eigenvalue weighted by atomic mass is 10.1. The number of furan rings is 1. The Bertz CT molecular complexity index is 399. The van der Waals surface area contributed by atoms with Crippen LogP contribution >= 0.6 is 0 Å². The fourth-order valence-electron chi connectivity index (χ4n) is 1.83. The third kappa shape index (κ3) is 1.68. The lowest BCUT2D eigenvalue weighted by Crippen LogP contribution is -2.56. The van der Waals surface area contributed by atoms with Crippen LogP contribution in [0.2, 0.25) is 0 Å². The van der Waals surface area contributed by atoms with E-state index < -0.39 is 6.04 Å². The van der Waals surface area contributed by atoms with Crippen LogP contribution in [0, 0.1) is 0 Å². The predicted octanol–water partition coefficient (Wildman–Crippen LogP) is 0.582. The summed E-state index contributed by atoms with van der Waals surface area (Å²) >= 11 is 0. The molecule has 86 valence electrons. The maximum absolute atomic E-state index is 12.0. The Kier molecular flexibility index (Phi) is 2.68. The molecular weight excluding hydrogens is 208 g/mol. The summed E-state index contributed by atoms with van der Waals surface area (Å²) < 4.78 is 5.04. The van der Waals surface area contributed by atoms with Crippen LogP contribution in [0.4, 0.5) is 0 Å². The van der Waals surface area contributed by atoms with Crippen LogP contribution in [0.1, 0.15) is 17.5 Å². The second-order valence-electron chi connectivity index (χ2n) is 3.91. The van der Waals surface area contributed by atoms with E-state index in [0.717, 1.165) is 0 Å². The quantitative estimate of drug-likeness (QED) is 0.698. The number of rotatable bonds is 1. The molecule has 1 atom stereocenters. The van der Waals surface area contributed by atoms with Crippen molar-refractivity contribution in [1.82, 2.24) is 9.80 Å². The van der Waals surface area contributed by atoms with E-state index in [2.05, 4.69) is 0 Å². The van der Waals surface area contributed by atoms with Crippen molar-refractivity contribution in [2.75, 3.05) is 20.1 Å². The highest BCUT2D eigenvalue weighted by Gasteiger charge is 2.33. The average molecular weight is 222 g/mol. The molecule has 1 aliphatic heterocycles. The molecule has 0 saturated carbocycles. The summed E-state index contributed by atoms with van der Waals surface area (Å²) in [5.41, 5.74) is 0.